The van der Waals surface area contributed by atoms with E-state index in [0.717, 1.165) is 32.1 Å². The van der Waals surface area contributed by atoms with Crippen molar-refractivity contribution in [2.45, 2.75) is 63.6 Å². The SMILES string of the molecule is COC(=O)c1ncn2c1C(=O)N(CCCc1ccccc1)C(C)(C(=O)NC1CCCC1)C2. The smallest absolute Gasteiger partial charge is 0.359 e. The predicted molar refractivity (Wildman–Crippen MR) is 118 cm³/mol. The molecule has 1 saturated carbocycles. The third-order valence-electron chi connectivity index (χ3n) is 6.61. The van der Waals surface area contributed by atoms with Gasteiger partial charge in [0.1, 0.15) is 11.2 Å². The summed E-state index contributed by atoms with van der Waals surface area (Å²) < 4.78 is 6.41. The monoisotopic (exact) mass is 438 g/mol. The molecular weight excluding hydrogens is 408 g/mol. The Hall–Kier alpha value is -3.16. The fraction of sp³-hybridized carbons (Fsp3) is 0.500. The minimum Gasteiger partial charge on any atom is -0.464 e. The van der Waals surface area contributed by atoms with Crippen LogP contribution in [0, 0.1) is 0 Å². The van der Waals surface area contributed by atoms with E-state index in [1.54, 1.807) is 16.4 Å². The van der Waals surface area contributed by atoms with Crippen LogP contribution in [-0.4, -0.2) is 57.5 Å². The van der Waals surface area contributed by atoms with Crippen LogP contribution in [0.2, 0.25) is 0 Å². The fourth-order valence-electron chi connectivity index (χ4n) is 4.78. The topological polar surface area (TPSA) is 93.5 Å². The summed E-state index contributed by atoms with van der Waals surface area (Å²) in [6.07, 6.45) is 7.07. The average molecular weight is 439 g/mol. The van der Waals surface area contributed by atoms with Crippen LogP contribution >= 0.6 is 0 Å². The molecule has 1 fully saturated rings. The maximum atomic E-state index is 13.6. The van der Waals surface area contributed by atoms with Gasteiger partial charge in [-0.3, -0.25) is 9.59 Å². The van der Waals surface area contributed by atoms with Crippen molar-refractivity contribution in [2.24, 2.45) is 0 Å². The summed E-state index contributed by atoms with van der Waals surface area (Å²) in [7, 11) is 1.26. The summed E-state index contributed by atoms with van der Waals surface area (Å²) in [5.41, 5.74) is 0.276. The van der Waals surface area contributed by atoms with Crippen molar-refractivity contribution in [3.05, 3.63) is 53.6 Å². The van der Waals surface area contributed by atoms with Gasteiger partial charge >= 0.3 is 5.97 Å². The van der Waals surface area contributed by atoms with E-state index in [1.165, 1.54) is 19.0 Å². The Balaban J connectivity index is 1.61. The van der Waals surface area contributed by atoms with Crippen molar-refractivity contribution in [1.29, 1.82) is 0 Å². The highest BCUT2D eigenvalue weighted by Gasteiger charge is 2.49. The molecule has 1 aromatic carbocycles. The summed E-state index contributed by atoms with van der Waals surface area (Å²) in [6, 6.07) is 10.2. The molecule has 2 heterocycles. The van der Waals surface area contributed by atoms with Crippen molar-refractivity contribution in [3.63, 3.8) is 0 Å². The molecule has 1 N–H and O–H groups in total. The summed E-state index contributed by atoms with van der Waals surface area (Å²) in [5.74, 6) is -1.18. The number of amides is 2. The van der Waals surface area contributed by atoms with Gasteiger partial charge in [0.15, 0.2) is 5.69 Å². The molecule has 0 bridgehead atoms. The van der Waals surface area contributed by atoms with Crippen molar-refractivity contribution in [3.8, 4) is 0 Å². The zero-order valence-electron chi connectivity index (χ0n) is 18.7. The largest absolute Gasteiger partial charge is 0.464 e. The lowest BCUT2D eigenvalue weighted by Gasteiger charge is -2.44. The van der Waals surface area contributed by atoms with Gasteiger partial charge in [0.2, 0.25) is 5.91 Å². The number of benzene rings is 1. The number of aryl methyl sites for hydroxylation is 1. The Morgan fingerprint density at radius 1 is 1.22 bits per heavy atom. The Labute approximate surface area is 187 Å². The number of hydrogen-bond donors (Lipinski definition) is 1. The van der Waals surface area contributed by atoms with E-state index < -0.39 is 11.5 Å². The normalized spacial score (nSPS) is 20.8. The lowest BCUT2D eigenvalue weighted by molar-refractivity contribution is -0.133. The van der Waals surface area contributed by atoms with Gasteiger partial charge in [-0.05, 0) is 38.2 Å². The van der Waals surface area contributed by atoms with Gasteiger partial charge in [-0.15, -0.1) is 0 Å². The van der Waals surface area contributed by atoms with Gasteiger partial charge in [-0.25, -0.2) is 9.78 Å². The summed E-state index contributed by atoms with van der Waals surface area (Å²) in [4.78, 5) is 44.9. The molecule has 8 nitrogen and oxygen atoms in total. The summed E-state index contributed by atoms with van der Waals surface area (Å²) >= 11 is 0. The number of aromatic nitrogens is 2. The molecule has 1 unspecified atom stereocenters. The molecule has 170 valence electrons. The standard InChI is InChI=1S/C24H30N4O4/c1-24(23(31)26-18-12-6-7-13-18)15-27-16-25-19(22(30)32-2)20(27)21(29)28(24)14-8-11-17-9-4-3-5-10-17/h3-5,9-10,16,18H,6-8,11-15H2,1-2H3,(H,26,31). The first kappa shape index (κ1) is 22.0. The quantitative estimate of drug-likeness (QED) is 0.671. The molecule has 2 aromatic rings. The maximum absolute atomic E-state index is 13.6. The second-order valence-electron chi connectivity index (χ2n) is 8.84. The lowest BCUT2D eigenvalue weighted by atomic mass is 9.93. The first-order valence-electron chi connectivity index (χ1n) is 11.2. The van der Waals surface area contributed by atoms with Crippen LogP contribution in [0.4, 0.5) is 0 Å². The van der Waals surface area contributed by atoms with Gasteiger partial charge in [0.25, 0.3) is 5.91 Å². The van der Waals surface area contributed by atoms with Gasteiger partial charge in [0, 0.05) is 12.6 Å². The number of imidazole rings is 1. The number of esters is 1. The average Bonchev–Trinajstić information content (AvgIpc) is 3.46. The van der Waals surface area contributed by atoms with Crippen LogP contribution in [0.15, 0.2) is 36.7 Å². The van der Waals surface area contributed by atoms with Crippen LogP contribution in [0.25, 0.3) is 0 Å². The first-order valence-corrected chi connectivity index (χ1v) is 11.2. The van der Waals surface area contributed by atoms with E-state index in [1.807, 2.05) is 18.2 Å². The summed E-state index contributed by atoms with van der Waals surface area (Å²) in [6.45, 7) is 2.44. The number of rotatable bonds is 7. The van der Waals surface area contributed by atoms with Gasteiger partial charge in [-0.2, -0.15) is 0 Å². The van der Waals surface area contributed by atoms with Gasteiger partial charge < -0.3 is 19.5 Å². The van der Waals surface area contributed by atoms with E-state index in [9.17, 15) is 14.4 Å². The van der Waals surface area contributed by atoms with Crippen LogP contribution in [0.1, 0.15) is 65.6 Å². The van der Waals surface area contributed by atoms with Crippen LogP contribution < -0.4 is 5.32 Å². The molecule has 2 aliphatic rings. The van der Waals surface area contributed by atoms with Crippen molar-refractivity contribution >= 4 is 17.8 Å². The summed E-state index contributed by atoms with van der Waals surface area (Å²) in [5, 5.41) is 3.16. The third kappa shape index (κ3) is 4.13. The molecule has 0 radical (unpaired) electrons. The number of hydrogen-bond acceptors (Lipinski definition) is 5. The molecule has 1 aliphatic heterocycles. The van der Waals surface area contributed by atoms with Gasteiger partial charge in [-0.1, -0.05) is 43.2 Å². The van der Waals surface area contributed by atoms with Crippen LogP contribution in [-0.2, 0) is 22.5 Å². The second kappa shape index (κ2) is 9.14. The molecular formula is C24H30N4O4. The molecule has 0 spiro atoms. The number of ether oxygens (including phenoxy) is 1. The van der Waals surface area contributed by atoms with Gasteiger partial charge in [0.05, 0.1) is 20.0 Å². The highest BCUT2D eigenvalue weighted by Crippen LogP contribution is 2.30. The van der Waals surface area contributed by atoms with Crippen LogP contribution in [0.5, 0.6) is 0 Å². The number of fused-ring (bicyclic) bond motifs is 1. The minimum atomic E-state index is -1.07. The zero-order valence-corrected chi connectivity index (χ0v) is 18.7. The third-order valence-corrected chi connectivity index (χ3v) is 6.61. The number of nitrogens with zero attached hydrogens (tertiary/aromatic N) is 3. The van der Waals surface area contributed by atoms with Crippen molar-refractivity contribution < 1.29 is 19.1 Å². The molecule has 1 aliphatic carbocycles. The first-order chi connectivity index (χ1) is 15.4. The van der Waals surface area contributed by atoms with Crippen molar-refractivity contribution in [2.75, 3.05) is 13.7 Å². The second-order valence-corrected chi connectivity index (χ2v) is 8.84. The van der Waals surface area contributed by atoms with Crippen molar-refractivity contribution in [1.82, 2.24) is 19.8 Å². The zero-order chi connectivity index (χ0) is 22.7. The molecule has 4 rings (SSSR count). The molecule has 2 amide bonds. The number of carbonyl (C=O) groups excluding carboxylic acids is 3. The van der Waals surface area contributed by atoms with E-state index in [0.29, 0.717) is 13.0 Å². The van der Waals surface area contributed by atoms with E-state index >= 15 is 0 Å². The van der Waals surface area contributed by atoms with Crippen LogP contribution in [0.3, 0.4) is 0 Å². The Morgan fingerprint density at radius 2 is 1.94 bits per heavy atom. The Morgan fingerprint density at radius 3 is 2.62 bits per heavy atom. The lowest BCUT2D eigenvalue weighted by Crippen LogP contribution is -2.65. The Kier molecular flexibility index (Phi) is 6.30. The number of carbonyl (C=O) groups is 3. The highest BCUT2D eigenvalue weighted by molar-refractivity contribution is 6.06. The van der Waals surface area contributed by atoms with E-state index in [4.69, 9.17) is 4.74 Å². The molecule has 8 heteroatoms. The van der Waals surface area contributed by atoms with E-state index in [2.05, 4.69) is 22.4 Å². The number of nitrogens with one attached hydrogen (secondary N) is 1. The maximum Gasteiger partial charge on any atom is 0.359 e. The minimum absolute atomic E-state index is 0.0104. The predicted octanol–water partition coefficient (Wildman–Crippen LogP) is 2.58. The molecule has 32 heavy (non-hydrogen) atoms. The fourth-order valence-corrected chi connectivity index (χ4v) is 4.78. The Bertz CT molecular complexity index is 997. The molecule has 0 saturated heterocycles. The van der Waals surface area contributed by atoms with E-state index in [-0.39, 0.29) is 35.8 Å². The molecule has 1 aromatic heterocycles. The number of methoxy groups -OCH3 is 1. The highest BCUT2D eigenvalue weighted by atomic mass is 16.5. The molecule has 1 atom stereocenters.